The van der Waals surface area contributed by atoms with Crippen molar-refractivity contribution >= 4 is 63.9 Å². The Kier molecular flexibility index (Phi) is 7.55. The van der Waals surface area contributed by atoms with Crippen LogP contribution in [0.1, 0.15) is 28.8 Å². The first-order chi connectivity index (χ1) is 16.0. The van der Waals surface area contributed by atoms with Crippen molar-refractivity contribution in [2.45, 2.75) is 29.0 Å². The molecule has 35 heavy (non-hydrogen) atoms. The molecule has 3 rings (SSSR count). The fourth-order valence-electron chi connectivity index (χ4n) is 3.26. The Labute approximate surface area is 214 Å². The Morgan fingerprint density at radius 1 is 1.03 bits per heavy atom. The van der Waals surface area contributed by atoms with Gasteiger partial charge in [-0.2, -0.15) is 8.78 Å². The smallest absolute Gasteiger partial charge is 0.326 e. The van der Waals surface area contributed by atoms with Gasteiger partial charge in [-0.15, -0.1) is 23.2 Å². The van der Waals surface area contributed by atoms with E-state index in [2.05, 4.69) is 5.32 Å². The molecule has 4 nitrogen and oxygen atoms in total. The van der Waals surface area contributed by atoms with Crippen LogP contribution in [-0.2, 0) is 4.79 Å². The van der Waals surface area contributed by atoms with E-state index >= 15 is 0 Å². The van der Waals surface area contributed by atoms with Gasteiger partial charge in [-0.05, 0) is 29.8 Å². The Balaban J connectivity index is 1.78. The number of rotatable bonds is 7. The summed E-state index contributed by atoms with van der Waals surface area (Å²) >= 11 is 23.9. The number of anilines is 1. The summed E-state index contributed by atoms with van der Waals surface area (Å²) in [5, 5.41) is 2.83. The molecular weight excluding hydrogens is 568 g/mol. The summed E-state index contributed by atoms with van der Waals surface area (Å²) in [6, 6.07) is 5.23. The second-order valence-electron chi connectivity index (χ2n) is 7.89. The molecule has 0 bridgehead atoms. The van der Waals surface area contributed by atoms with Crippen molar-refractivity contribution < 1.29 is 35.9 Å². The quantitative estimate of drug-likeness (QED) is 0.278. The Bertz CT molecular complexity index is 1190. The van der Waals surface area contributed by atoms with Crippen molar-refractivity contribution in [1.29, 1.82) is 0 Å². The molecule has 0 aromatic heterocycles. The van der Waals surface area contributed by atoms with E-state index in [4.69, 9.17) is 46.4 Å². The lowest BCUT2D eigenvalue weighted by Gasteiger charge is -2.23. The highest BCUT2D eigenvalue weighted by molar-refractivity contribution is 6.53. The number of amides is 2. The normalized spacial score (nSPS) is 19.3. The number of benzene rings is 2. The number of carbonyl (C=O) groups is 2. The monoisotopic (exact) mass is 580 g/mol. The van der Waals surface area contributed by atoms with Crippen LogP contribution >= 0.6 is 46.4 Å². The molecule has 2 atom stereocenters. The summed E-state index contributed by atoms with van der Waals surface area (Å²) in [6.07, 6.45) is 0. The Morgan fingerprint density at radius 3 is 2.23 bits per heavy atom. The van der Waals surface area contributed by atoms with Gasteiger partial charge in [0.25, 0.3) is 5.91 Å². The maximum atomic E-state index is 14.3. The molecule has 1 fully saturated rings. The summed E-state index contributed by atoms with van der Waals surface area (Å²) in [6.45, 7) is -1.78. The zero-order valence-corrected chi connectivity index (χ0v) is 20.4. The van der Waals surface area contributed by atoms with E-state index in [0.29, 0.717) is 5.56 Å². The summed E-state index contributed by atoms with van der Waals surface area (Å²) in [5.74, 6) is -15.0. The van der Waals surface area contributed by atoms with E-state index in [1.807, 2.05) is 0 Å². The molecule has 2 amide bonds. The van der Waals surface area contributed by atoms with Crippen molar-refractivity contribution in [2.24, 2.45) is 5.92 Å². The molecule has 2 N–H and O–H groups in total. The number of hydrogen-bond donors (Lipinski definition) is 2. The second kappa shape index (κ2) is 9.53. The molecule has 0 radical (unpaired) electrons. The average Bonchev–Trinajstić information content (AvgIpc) is 3.32. The standard InChI is InChI=1S/C21H14Cl4F6N2O2/c1-19(28,29)20(30,31)7-32-17(34)10-5-9(6-13(27)16(10)23)33-18(35)15-14(21(15,24)25)8-2-3-12(26)11(22)4-8/h2-6,14-15H,7H2,1H3,(H,32,34)(H,33,35). The van der Waals surface area contributed by atoms with E-state index in [-0.39, 0.29) is 17.6 Å². The van der Waals surface area contributed by atoms with Crippen LogP contribution in [0.5, 0.6) is 0 Å². The molecule has 0 spiro atoms. The molecule has 1 aliphatic rings. The minimum atomic E-state index is -4.59. The van der Waals surface area contributed by atoms with Crippen LogP contribution in [-0.4, -0.2) is 34.5 Å². The first kappa shape index (κ1) is 27.7. The van der Waals surface area contributed by atoms with Crippen LogP contribution in [0, 0.1) is 17.6 Å². The predicted octanol–water partition coefficient (Wildman–Crippen LogP) is 6.82. The van der Waals surface area contributed by atoms with Gasteiger partial charge in [0.2, 0.25) is 5.91 Å². The summed E-state index contributed by atoms with van der Waals surface area (Å²) in [7, 11) is 0. The fourth-order valence-corrected chi connectivity index (χ4v) is 4.47. The molecule has 190 valence electrons. The zero-order valence-electron chi connectivity index (χ0n) is 17.3. The molecule has 0 heterocycles. The molecule has 1 aliphatic carbocycles. The summed E-state index contributed by atoms with van der Waals surface area (Å²) in [4.78, 5) is 25.0. The van der Waals surface area contributed by atoms with Gasteiger partial charge in [-0.3, -0.25) is 9.59 Å². The molecule has 14 heteroatoms. The lowest BCUT2D eigenvalue weighted by atomic mass is 10.1. The van der Waals surface area contributed by atoms with Crippen molar-refractivity contribution in [1.82, 2.24) is 5.32 Å². The third kappa shape index (κ3) is 5.60. The van der Waals surface area contributed by atoms with Crippen LogP contribution in [0.15, 0.2) is 30.3 Å². The van der Waals surface area contributed by atoms with E-state index in [9.17, 15) is 35.9 Å². The van der Waals surface area contributed by atoms with Gasteiger partial charge in [-0.1, -0.05) is 29.3 Å². The highest BCUT2D eigenvalue weighted by Crippen LogP contribution is 2.65. The molecule has 2 unspecified atom stereocenters. The van der Waals surface area contributed by atoms with Gasteiger partial charge in [0, 0.05) is 18.5 Å². The second-order valence-corrected chi connectivity index (χ2v) is 10.1. The summed E-state index contributed by atoms with van der Waals surface area (Å²) < 4.78 is 78.9. The van der Waals surface area contributed by atoms with Crippen molar-refractivity contribution in [3.63, 3.8) is 0 Å². The fraction of sp³-hybridized carbons (Fsp3) is 0.333. The van der Waals surface area contributed by atoms with E-state index in [1.165, 1.54) is 12.1 Å². The van der Waals surface area contributed by atoms with Crippen LogP contribution in [0.2, 0.25) is 10.0 Å². The van der Waals surface area contributed by atoms with Crippen molar-refractivity contribution in [3.8, 4) is 0 Å². The molecule has 0 saturated heterocycles. The minimum Gasteiger partial charge on any atom is -0.346 e. The van der Waals surface area contributed by atoms with Crippen LogP contribution in [0.25, 0.3) is 0 Å². The topological polar surface area (TPSA) is 58.2 Å². The van der Waals surface area contributed by atoms with Gasteiger partial charge < -0.3 is 10.6 Å². The summed E-state index contributed by atoms with van der Waals surface area (Å²) in [5.41, 5.74) is -0.656. The highest BCUT2D eigenvalue weighted by atomic mass is 35.5. The maximum absolute atomic E-state index is 14.3. The first-order valence-electron chi connectivity index (χ1n) is 9.64. The largest absolute Gasteiger partial charge is 0.346 e. The minimum absolute atomic E-state index is 0.0270. The number of halogens is 10. The lowest BCUT2D eigenvalue weighted by molar-refractivity contribution is -0.192. The number of nitrogens with one attached hydrogen (secondary N) is 2. The van der Waals surface area contributed by atoms with Gasteiger partial charge >= 0.3 is 11.8 Å². The highest BCUT2D eigenvalue weighted by Gasteiger charge is 2.67. The average molecular weight is 582 g/mol. The maximum Gasteiger partial charge on any atom is 0.326 e. The SMILES string of the molecule is CC(F)(F)C(F)(F)CNC(=O)c1cc(NC(=O)C2C(c3ccc(F)c(Cl)c3)C2(Cl)Cl)cc(F)c1Cl. The number of alkyl halides is 6. The Hall–Kier alpha value is -1.88. The van der Waals surface area contributed by atoms with Gasteiger partial charge in [0.15, 0.2) is 0 Å². The molecule has 2 aromatic rings. The van der Waals surface area contributed by atoms with Crippen LogP contribution in [0.4, 0.5) is 32.0 Å². The number of hydrogen-bond acceptors (Lipinski definition) is 2. The molecule has 1 saturated carbocycles. The van der Waals surface area contributed by atoms with E-state index < -0.39 is 68.6 Å². The van der Waals surface area contributed by atoms with E-state index in [1.54, 1.807) is 5.32 Å². The molecule has 2 aromatic carbocycles. The zero-order chi connectivity index (χ0) is 26.5. The van der Waals surface area contributed by atoms with Gasteiger partial charge in [-0.25, -0.2) is 17.6 Å². The lowest BCUT2D eigenvalue weighted by Crippen LogP contribution is -2.47. The predicted molar refractivity (Wildman–Crippen MR) is 120 cm³/mol. The van der Waals surface area contributed by atoms with Gasteiger partial charge in [0.05, 0.1) is 28.1 Å². The van der Waals surface area contributed by atoms with E-state index in [0.717, 1.165) is 18.2 Å². The molecule has 0 aliphatic heterocycles. The third-order valence-corrected chi connectivity index (χ3v) is 6.91. The van der Waals surface area contributed by atoms with Crippen LogP contribution < -0.4 is 10.6 Å². The van der Waals surface area contributed by atoms with Crippen molar-refractivity contribution in [3.05, 3.63) is 63.1 Å². The van der Waals surface area contributed by atoms with Gasteiger partial charge in [0.1, 0.15) is 16.0 Å². The Morgan fingerprint density at radius 2 is 1.66 bits per heavy atom. The number of carbonyl (C=O) groups excluding carboxylic acids is 2. The molecular formula is C21H14Cl4F6N2O2. The van der Waals surface area contributed by atoms with Crippen LogP contribution in [0.3, 0.4) is 0 Å². The third-order valence-electron chi connectivity index (χ3n) is 5.29. The first-order valence-corrected chi connectivity index (χ1v) is 11.1. The van der Waals surface area contributed by atoms with Crippen molar-refractivity contribution in [2.75, 3.05) is 11.9 Å².